The average Bonchev–Trinajstić information content (AvgIpc) is 2.25. The first-order chi connectivity index (χ1) is 8.35. The van der Waals surface area contributed by atoms with Crippen LogP contribution in [0.4, 0.5) is 0 Å². The van der Waals surface area contributed by atoms with Crippen molar-refractivity contribution in [3.05, 3.63) is 0 Å². The van der Waals surface area contributed by atoms with Crippen molar-refractivity contribution in [2.24, 2.45) is 29.1 Å². The van der Waals surface area contributed by atoms with E-state index in [0.717, 1.165) is 0 Å². The van der Waals surface area contributed by atoms with Crippen molar-refractivity contribution in [3.63, 3.8) is 0 Å². The van der Waals surface area contributed by atoms with Crippen molar-refractivity contribution in [1.29, 1.82) is 0 Å². The van der Waals surface area contributed by atoms with E-state index in [-0.39, 0.29) is 0 Å². The SMILES string of the molecule is CCC(N)(CC)O[N+](N)(N)C(C)(CC)O[N+](C)(N)N. The van der Waals surface area contributed by atoms with Gasteiger partial charge in [-0.1, -0.05) is 25.6 Å². The normalized spacial score (nSPS) is 17.4. The molecular formula is C10H31N7O2+2. The third kappa shape index (κ3) is 4.91. The molecule has 0 aromatic heterocycles. The van der Waals surface area contributed by atoms with E-state index in [2.05, 4.69) is 0 Å². The molecule has 0 heterocycles. The Morgan fingerprint density at radius 2 is 1.32 bits per heavy atom. The molecule has 9 nitrogen and oxygen atoms in total. The van der Waals surface area contributed by atoms with Crippen LogP contribution in [-0.4, -0.2) is 28.2 Å². The third-order valence-electron chi connectivity index (χ3n) is 3.32. The van der Waals surface area contributed by atoms with E-state index in [4.69, 9.17) is 38.8 Å². The van der Waals surface area contributed by atoms with Crippen LogP contribution in [0.3, 0.4) is 0 Å². The Morgan fingerprint density at radius 3 is 1.58 bits per heavy atom. The Labute approximate surface area is 115 Å². The van der Waals surface area contributed by atoms with Gasteiger partial charge in [-0.25, -0.2) is 0 Å². The van der Waals surface area contributed by atoms with Gasteiger partial charge in [0.05, 0.1) is 0 Å². The van der Waals surface area contributed by atoms with Crippen molar-refractivity contribution in [2.45, 2.75) is 58.4 Å². The summed E-state index contributed by atoms with van der Waals surface area (Å²) in [6.07, 6.45) is 1.52. The number of nitrogens with two attached hydrogens (primary N) is 5. The van der Waals surface area contributed by atoms with E-state index in [1.54, 1.807) is 6.92 Å². The minimum Gasteiger partial charge on any atom is -0.298 e. The standard InChI is InChI=1S/C10H31N7O2/c1-6-9(4,18-16(5,12)13)17(14,15)19-10(11,7-2)8-3/h6-8,11-15H2,1-5H3/q+2. The molecule has 116 valence electrons. The van der Waals surface area contributed by atoms with Gasteiger partial charge in [0.2, 0.25) is 0 Å². The summed E-state index contributed by atoms with van der Waals surface area (Å²) < 4.78 is 0. The van der Waals surface area contributed by atoms with E-state index in [9.17, 15) is 0 Å². The van der Waals surface area contributed by atoms with Crippen LogP contribution in [0.2, 0.25) is 0 Å². The maximum Gasteiger partial charge on any atom is 0.320 e. The van der Waals surface area contributed by atoms with Crippen LogP contribution in [0.1, 0.15) is 47.0 Å². The van der Waals surface area contributed by atoms with Gasteiger partial charge in [0, 0.05) is 13.3 Å². The summed E-state index contributed by atoms with van der Waals surface area (Å²) >= 11 is 0. The fourth-order valence-electron chi connectivity index (χ4n) is 1.58. The molecule has 0 rings (SSSR count). The summed E-state index contributed by atoms with van der Waals surface area (Å²) in [4.78, 5) is 9.54. The molecule has 0 aromatic rings. The zero-order valence-electron chi connectivity index (χ0n) is 12.7. The predicted octanol–water partition coefficient (Wildman–Crippen LogP) is -0.791. The lowest BCUT2D eigenvalue weighted by Gasteiger charge is -2.43. The number of hydroxylamine groups is 2. The first-order valence-corrected chi connectivity index (χ1v) is 6.45. The smallest absolute Gasteiger partial charge is 0.298 e. The minimum atomic E-state index is -1.16. The van der Waals surface area contributed by atoms with E-state index >= 15 is 0 Å². The minimum absolute atomic E-state index is 0.422. The number of nitrogens with zero attached hydrogens (tertiary/aromatic N) is 2. The summed E-state index contributed by atoms with van der Waals surface area (Å²) in [5.41, 5.74) is 3.97. The van der Waals surface area contributed by atoms with E-state index in [0.29, 0.717) is 19.3 Å². The number of hydrogen-bond donors (Lipinski definition) is 5. The second kappa shape index (κ2) is 5.95. The predicted molar refractivity (Wildman–Crippen MR) is 71.6 cm³/mol. The Hall–Kier alpha value is -0.360. The molecule has 0 saturated heterocycles. The Balaban J connectivity index is 5.22. The lowest BCUT2D eigenvalue weighted by molar-refractivity contribution is -1.24. The lowest BCUT2D eigenvalue weighted by atomic mass is 10.1. The van der Waals surface area contributed by atoms with Crippen LogP contribution < -0.4 is 29.1 Å². The molecule has 1 unspecified atom stereocenters. The molecular weight excluding hydrogens is 250 g/mol. The molecule has 19 heavy (non-hydrogen) atoms. The highest BCUT2D eigenvalue weighted by Crippen LogP contribution is 2.28. The van der Waals surface area contributed by atoms with Gasteiger partial charge in [0.15, 0.2) is 5.72 Å². The maximum absolute atomic E-state index is 6.08. The Kier molecular flexibility index (Phi) is 5.84. The lowest BCUT2D eigenvalue weighted by Crippen LogP contribution is -2.79. The van der Waals surface area contributed by atoms with E-state index in [1.165, 1.54) is 7.05 Å². The highest BCUT2D eigenvalue weighted by molar-refractivity contribution is 4.67. The zero-order chi connectivity index (χ0) is 15.5. The molecule has 0 aliphatic heterocycles. The third-order valence-corrected chi connectivity index (χ3v) is 3.32. The molecule has 10 N–H and O–H groups in total. The van der Waals surface area contributed by atoms with Crippen molar-refractivity contribution in [3.8, 4) is 0 Å². The first kappa shape index (κ1) is 18.6. The second-order valence-electron chi connectivity index (χ2n) is 5.25. The summed E-state index contributed by atoms with van der Waals surface area (Å²) in [5.74, 6) is 23.2. The van der Waals surface area contributed by atoms with Crippen LogP contribution in [0, 0.1) is 0 Å². The molecule has 0 aliphatic carbocycles. The Morgan fingerprint density at radius 1 is 0.895 bits per heavy atom. The van der Waals surface area contributed by atoms with Crippen molar-refractivity contribution in [1.82, 2.24) is 0 Å². The van der Waals surface area contributed by atoms with Gasteiger partial charge in [-0.2, -0.15) is 0 Å². The molecule has 0 amide bonds. The van der Waals surface area contributed by atoms with Crippen LogP contribution in [-0.2, 0) is 9.68 Å². The van der Waals surface area contributed by atoms with Gasteiger partial charge in [0.1, 0.15) is 7.05 Å². The fourth-order valence-corrected chi connectivity index (χ4v) is 1.58. The molecule has 0 aliphatic rings. The van der Waals surface area contributed by atoms with Crippen LogP contribution in [0.25, 0.3) is 0 Å². The quantitative estimate of drug-likeness (QED) is 0.169. The van der Waals surface area contributed by atoms with Crippen LogP contribution >= 0.6 is 0 Å². The van der Waals surface area contributed by atoms with Gasteiger partial charge in [-0.15, -0.1) is 28.2 Å². The van der Waals surface area contributed by atoms with Gasteiger partial charge in [-0.3, -0.25) is 5.73 Å². The first-order valence-electron chi connectivity index (χ1n) is 6.45. The molecule has 9 heteroatoms. The number of rotatable bonds is 8. The molecule has 0 aromatic carbocycles. The highest BCUT2D eigenvalue weighted by Gasteiger charge is 2.55. The summed E-state index contributed by atoms with van der Waals surface area (Å²) in [6, 6.07) is 0. The molecule has 0 bridgehead atoms. The van der Waals surface area contributed by atoms with Gasteiger partial charge in [0.25, 0.3) is 0 Å². The van der Waals surface area contributed by atoms with E-state index in [1.807, 2.05) is 20.8 Å². The van der Waals surface area contributed by atoms with Crippen molar-refractivity contribution >= 4 is 0 Å². The summed E-state index contributed by atoms with van der Waals surface area (Å²) in [6.45, 7) is 7.27. The van der Waals surface area contributed by atoms with Crippen LogP contribution in [0.5, 0.6) is 0 Å². The topological polar surface area (TPSA) is 149 Å². The monoisotopic (exact) mass is 281 g/mol. The van der Waals surface area contributed by atoms with Gasteiger partial charge >= 0.3 is 5.72 Å². The van der Waals surface area contributed by atoms with Crippen molar-refractivity contribution in [2.75, 3.05) is 7.05 Å². The summed E-state index contributed by atoms with van der Waals surface area (Å²) in [7, 11) is 1.45. The highest BCUT2D eigenvalue weighted by atomic mass is 16.9. The fraction of sp³-hybridized carbons (Fsp3) is 1.00. The molecule has 0 saturated carbocycles. The maximum atomic E-state index is 6.08. The zero-order valence-corrected chi connectivity index (χ0v) is 12.7. The molecule has 0 spiro atoms. The molecule has 0 fully saturated rings. The van der Waals surface area contributed by atoms with Gasteiger partial charge in [-0.05, 0) is 22.6 Å². The summed E-state index contributed by atoms with van der Waals surface area (Å²) in [5, 5.41) is 0. The second-order valence-corrected chi connectivity index (χ2v) is 5.25. The average molecular weight is 281 g/mol. The number of hydrogen-bond acceptors (Lipinski definition) is 7. The van der Waals surface area contributed by atoms with Crippen LogP contribution in [0.15, 0.2) is 0 Å². The molecule has 1 atom stereocenters. The number of quaternary nitrogens is 2. The van der Waals surface area contributed by atoms with Gasteiger partial charge < -0.3 is 0 Å². The van der Waals surface area contributed by atoms with Crippen molar-refractivity contribution < 1.29 is 19.4 Å². The Bertz CT molecular complexity index is 288. The largest absolute Gasteiger partial charge is 0.320 e. The molecule has 0 radical (unpaired) electrons. The van der Waals surface area contributed by atoms with E-state index < -0.39 is 21.2 Å².